The molecule has 0 spiro atoms. The second kappa shape index (κ2) is 7.08. The van der Waals surface area contributed by atoms with Gasteiger partial charge in [-0.25, -0.2) is 8.42 Å². The minimum absolute atomic E-state index is 0.0704. The molecular weight excluding hydrogens is 336 g/mol. The molecule has 2 aromatic carbocycles. The quantitative estimate of drug-likeness (QED) is 0.845. The average Bonchev–Trinajstić information content (AvgIpc) is 3.09. The van der Waals surface area contributed by atoms with Crippen molar-refractivity contribution >= 4 is 15.7 Å². The van der Waals surface area contributed by atoms with Gasteiger partial charge >= 0.3 is 0 Å². The molecule has 0 saturated carbocycles. The molecule has 25 heavy (non-hydrogen) atoms. The molecule has 2 aromatic rings. The van der Waals surface area contributed by atoms with Gasteiger partial charge in [0.2, 0.25) is 0 Å². The number of benzene rings is 2. The van der Waals surface area contributed by atoms with Gasteiger partial charge in [-0.3, -0.25) is 4.79 Å². The Labute approximate surface area is 147 Å². The molecule has 1 heterocycles. The van der Waals surface area contributed by atoms with Crippen molar-refractivity contribution in [1.82, 2.24) is 4.90 Å². The van der Waals surface area contributed by atoms with Crippen LogP contribution in [0.2, 0.25) is 0 Å². The Hall–Kier alpha value is -2.65. The zero-order chi connectivity index (χ0) is 17.9. The predicted octanol–water partition coefficient (Wildman–Crippen LogP) is 2.64. The second-order valence-electron chi connectivity index (χ2n) is 6.08. The highest BCUT2D eigenvalue weighted by atomic mass is 32.2. The van der Waals surface area contributed by atoms with Crippen molar-refractivity contribution < 1.29 is 13.2 Å². The van der Waals surface area contributed by atoms with E-state index in [0.717, 1.165) is 6.42 Å². The van der Waals surface area contributed by atoms with Crippen LogP contribution in [0.3, 0.4) is 0 Å². The van der Waals surface area contributed by atoms with Gasteiger partial charge in [-0.1, -0.05) is 18.2 Å². The Morgan fingerprint density at radius 1 is 1.12 bits per heavy atom. The van der Waals surface area contributed by atoms with E-state index in [1.165, 1.54) is 0 Å². The summed E-state index contributed by atoms with van der Waals surface area (Å²) in [4.78, 5) is 14.7. The Balaban J connectivity index is 1.78. The van der Waals surface area contributed by atoms with E-state index in [9.17, 15) is 13.2 Å². The SMILES string of the molecule is N#Cc1ccc(C(=O)N2CCCC2CS(=O)(=O)c2ccccc2)cc1. The smallest absolute Gasteiger partial charge is 0.254 e. The highest BCUT2D eigenvalue weighted by Crippen LogP contribution is 2.24. The summed E-state index contributed by atoms with van der Waals surface area (Å²) in [5.41, 5.74) is 0.962. The van der Waals surface area contributed by atoms with Crippen LogP contribution < -0.4 is 0 Å². The average molecular weight is 354 g/mol. The number of hydrogen-bond donors (Lipinski definition) is 0. The van der Waals surface area contributed by atoms with Crippen molar-refractivity contribution in [1.29, 1.82) is 5.26 Å². The number of nitriles is 1. The summed E-state index contributed by atoms with van der Waals surface area (Å²) in [6.07, 6.45) is 1.46. The number of carbonyl (C=O) groups is 1. The van der Waals surface area contributed by atoms with E-state index in [1.807, 2.05) is 6.07 Å². The zero-order valence-electron chi connectivity index (χ0n) is 13.6. The number of likely N-dealkylation sites (tertiary alicyclic amines) is 1. The molecule has 0 bridgehead atoms. The fourth-order valence-electron chi connectivity index (χ4n) is 3.11. The molecule has 1 amide bonds. The Morgan fingerprint density at radius 2 is 1.80 bits per heavy atom. The van der Waals surface area contributed by atoms with Crippen molar-refractivity contribution in [2.45, 2.75) is 23.8 Å². The van der Waals surface area contributed by atoms with Crippen molar-refractivity contribution in [3.05, 3.63) is 65.7 Å². The first-order valence-electron chi connectivity index (χ1n) is 8.10. The molecule has 128 valence electrons. The molecular formula is C19H18N2O3S. The maximum atomic E-state index is 12.7. The third-order valence-electron chi connectivity index (χ3n) is 4.41. The third kappa shape index (κ3) is 3.72. The second-order valence-corrected chi connectivity index (χ2v) is 8.11. The first-order valence-corrected chi connectivity index (χ1v) is 9.75. The highest BCUT2D eigenvalue weighted by molar-refractivity contribution is 7.91. The molecule has 1 fully saturated rings. The van der Waals surface area contributed by atoms with Crippen LogP contribution in [0.25, 0.3) is 0 Å². The lowest BCUT2D eigenvalue weighted by atomic mass is 10.1. The normalized spacial score (nSPS) is 17.2. The molecule has 0 radical (unpaired) electrons. The lowest BCUT2D eigenvalue weighted by Gasteiger charge is -2.24. The molecule has 1 unspecified atom stereocenters. The zero-order valence-corrected chi connectivity index (χ0v) is 14.4. The largest absolute Gasteiger partial charge is 0.335 e. The maximum absolute atomic E-state index is 12.7. The molecule has 3 rings (SSSR count). The van der Waals surface area contributed by atoms with Gasteiger partial charge in [-0.2, -0.15) is 5.26 Å². The number of hydrogen-bond acceptors (Lipinski definition) is 4. The van der Waals surface area contributed by atoms with Crippen molar-refractivity contribution in [3.63, 3.8) is 0 Å². The van der Waals surface area contributed by atoms with Crippen molar-refractivity contribution in [2.75, 3.05) is 12.3 Å². The van der Waals surface area contributed by atoms with E-state index in [0.29, 0.717) is 24.1 Å². The molecule has 0 aliphatic carbocycles. The predicted molar refractivity (Wildman–Crippen MR) is 93.7 cm³/mol. The Bertz CT molecular complexity index is 900. The van der Waals surface area contributed by atoms with Gasteiger partial charge in [0.1, 0.15) is 0 Å². The molecule has 1 saturated heterocycles. The number of rotatable bonds is 4. The van der Waals surface area contributed by atoms with Gasteiger partial charge in [-0.15, -0.1) is 0 Å². The van der Waals surface area contributed by atoms with Crippen molar-refractivity contribution in [2.24, 2.45) is 0 Å². The summed E-state index contributed by atoms with van der Waals surface area (Å²) in [5, 5.41) is 8.84. The summed E-state index contributed by atoms with van der Waals surface area (Å²) in [7, 11) is -3.44. The van der Waals surface area contributed by atoms with Gasteiger partial charge in [0.25, 0.3) is 5.91 Å². The topological polar surface area (TPSA) is 78.2 Å². The van der Waals surface area contributed by atoms with Crippen LogP contribution in [0.5, 0.6) is 0 Å². The summed E-state index contributed by atoms with van der Waals surface area (Å²) in [5.74, 6) is -0.255. The molecule has 6 heteroatoms. The number of sulfone groups is 1. The van der Waals surface area contributed by atoms with Crippen LogP contribution in [0.1, 0.15) is 28.8 Å². The Morgan fingerprint density at radius 3 is 2.44 bits per heavy atom. The monoisotopic (exact) mass is 354 g/mol. The number of carbonyl (C=O) groups excluding carboxylic acids is 1. The first kappa shape index (κ1) is 17.2. The molecule has 0 aromatic heterocycles. The fourth-order valence-corrected chi connectivity index (χ4v) is 4.72. The highest BCUT2D eigenvalue weighted by Gasteiger charge is 2.33. The van der Waals surface area contributed by atoms with E-state index in [-0.39, 0.29) is 22.6 Å². The molecule has 0 N–H and O–H groups in total. The van der Waals surface area contributed by atoms with E-state index in [1.54, 1.807) is 59.5 Å². The standard InChI is InChI=1S/C19H18N2O3S/c20-13-15-8-10-16(11-9-15)19(22)21-12-4-5-17(21)14-25(23,24)18-6-2-1-3-7-18/h1-3,6-11,17H,4-5,12,14H2. The van der Waals surface area contributed by atoms with Crippen LogP contribution in [0.15, 0.2) is 59.5 Å². The van der Waals surface area contributed by atoms with Crippen LogP contribution in [-0.4, -0.2) is 37.6 Å². The van der Waals surface area contributed by atoms with Crippen LogP contribution in [-0.2, 0) is 9.84 Å². The summed E-state index contributed by atoms with van der Waals surface area (Å²) in [6, 6.07) is 16.4. The van der Waals surface area contributed by atoms with E-state index in [2.05, 4.69) is 0 Å². The lowest BCUT2D eigenvalue weighted by molar-refractivity contribution is 0.0749. The third-order valence-corrected chi connectivity index (χ3v) is 6.23. The van der Waals surface area contributed by atoms with Gasteiger partial charge in [0.05, 0.1) is 22.3 Å². The van der Waals surface area contributed by atoms with E-state index in [4.69, 9.17) is 5.26 Å². The summed E-state index contributed by atoms with van der Waals surface area (Å²) >= 11 is 0. The molecule has 1 atom stereocenters. The Kier molecular flexibility index (Phi) is 4.86. The van der Waals surface area contributed by atoms with Gasteiger partial charge < -0.3 is 4.90 Å². The van der Waals surface area contributed by atoms with E-state index < -0.39 is 9.84 Å². The number of amides is 1. The lowest BCUT2D eigenvalue weighted by Crippen LogP contribution is -2.39. The molecule has 5 nitrogen and oxygen atoms in total. The van der Waals surface area contributed by atoms with Gasteiger partial charge in [0.15, 0.2) is 9.84 Å². The molecule has 1 aliphatic heterocycles. The summed E-state index contributed by atoms with van der Waals surface area (Å²) < 4.78 is 25.2. The van der Waals surface area contributed by atoms with Crippen LogP contribution in [0.4, 0.5) is 0 Å². The summed E-state index contributed by atoms with van der Waals surface area (Å²) in [6.45, 7) is 0.549. The first-order chi connectivity index (χ1) is 12.0. The fraction of sp³-hybridized carbons (Fsp3) is 0.263. The minimum atomic E-state index is -3.44. The molecule has 1 aliphatic rings. The van der Waals surface area contributed by atoms with E-state index >= 15 is 0 Å². The van der Waals surface area contributed by atoms with Crippen molar-refractivity contribution in [3.8, 4) is 6.07 Å². The maximum Gasteiger partial charge on any atom is 0.254 e. The minimum Gasteiger partial charge on any atom is -0.335 e. The van der Waals surface area contributed by atoms with Crippen LogP contribution >= 0.6 is 0 Å². The van der Waals surface area contributed by atoms with Gasteiger partial charge in [0, 0.05) is 18.2 Å². The number of nitrogens with zero attached hydrogens (tertiary/aromatic N) is 2. The van der Waals surface area contributed by atoms with Gasteiger partial charge in [-0.05, 0) is 49.2 Å². The van der Waals surface area contributed by atoms with Crippen LogP contribution in [0, 0.1) is 11.3 Å².